The van der Waals surface area contributed by atoms with Crippen molar-refractivity contribution < 1.29 is 24.2 Å². The van der Waals surface area contributed by atoms with Crippen molar-refractivity contribution in [3.63, 3.8) is 0 Å². The Morgan fingerprint density at radius 2 is 1.57 bits per heavy atom. The van der Waals surface area contributed by atoms with Crippen LogP contribution in [0, 0.1) is 11.8 Å². The number of unbranched alkanes of at least 4 members (excludes halogenated alkanes) is 1. The lowest BCUT2D eigenvalue weighted by Gasteiger charge is -2.45. The Morgan fingerprint density at radius 1 is 0.929 bits per heavy atom. The number of carboxylic acid groups (broad SMARTS) is 1. The number of rotatable bonds is 11. The summed E-state index contributed by atoms with van der Waals surface area (Å²) in [5, 5.41) is 12.2. The Hall–Kier alpha value is -3.39. The number of carboxylic acids is 1. The SMILES string of the molecule is CCCCN1C(=O)[C@H](CC2CCCCC2)NC(=O)C1C1CCN(Cc2ccc(Oc3ccc(C(=O)O)cc3)cc2)CC1. The van der Waals surface area contributed by atoms with Crippen LogP contribution >= 0.6 is 0 Å². The van der Waals surface area contributed by atoms with E-state index in [-0.39, 0.29) is 35.4 Å². The van der Waals surface area contributed by atoms with Crippen LogP contribution in [0.25, 0.3) is 0 Å². The van der Waals surface area contributed by atoms with Crippen molar-refractivity contribution >= 4 is 17.8 Å². The third-order valence-electron chi connectivity index (χ3n) is 9.29. The van der Waals surface area contributed by atoms with Crippen LogP contribution in [0.2, 0.25) is 0 Å². The number of piperidine rings is 1. The maximum Gasteiger partial charge on any atom is 0.335 e. The number of amides is 2. The van der Waals surface area contributed by atoms with Gasteiger partial charge in [0.15, 0.2) is 0 Å². The van der Waals surface area contributed by atoms with Gasteiger partial charge >= 0.3 is 5.97 Å². The second-order valence-electron chi connectivity index (χ2n) is 12.3. The van der Waals surface area contributed by atoms with E-state index in [1.54, 1.807) is 12.1 Å². The molecule has 8 nitrogen and oxygen atoms in total. The second kappa shape index (κ2) is 14.2. The fourth-order valence-electron chi connectivity index (χ4n) is 6.91. The number of ether oxygens (including phenoxy) is 1. The third kappa shape index (κ3) is 7.51. The quantitative estimate of drug-likeness (QED) is 0.349. The normalized spacial score (nSPS) is 22.6. The fraction of sp³-hybridized carbons (Fsp3) is 0.559. The van der Waals surface area contributed by atoms with Crippen molar-refractivity contribution in [2.75, 3.05) is 19.6 Å². The average molecular weight is 576 g/mol. The molecule has 1 saturated carbocycles. The van der Waals surface area contributed by atoms with Gasteiger partial charge in [-0.1, -0.05) is 57.6 Å². The summed E-state index contributed by atoms with van der Waals surface area (Å²) in [6.07, 6.45) is 10.6. The zero-order valence-corrected chi connectivity index (χ0v) is 24.8. The highest BCUT2D eigenvalue weighted by atomic mass is 16.5. The summed E-state index contributed by atoms with van der Waals surface area (Å²) in [5.74, 6) is 1.25. The predicted octanol–water partition coefficient (Wildman–Crippen LogP) is 5.86. The molecule has 2 aliphatic heterocycles. The monoisotopic (exact) mass is 575 g/mol. The summed E-state index contributed by atoms with van der Waals surface area (Å²) in [6, 6.07) is 13.6. The molecule has 2 aromatic carbocycles. The minimum absolute atomic E-state index is 0.0538. The van der Waals surface area contributed by atoms with Gasteiger partial charge in [-0.25, -0.2) is 4.79 Å². The highest BCUT2D eigenvalue weighted by Gasteiger charge is 2.45. The Bertz CT molecular complexity index is 1200. The van der Waals surface area contributed by atoms with Crippen LogP contribution in [0.5, 0.6) is 11.5 Å². The topological polar surface area (TPSA) is 99.2 Å². The molecule has 42 heavy (non-hydrogen) atoms. The molecule has 226 valence electrons. The van der Waals surface area contributed by atoms with Gasteiger partial charge in [0.05, 0.1) is 5.56 Å². The van der Waals surface area contributed by atoms with E-state index in [9.17, 15) is 14.4 Å². The van der Waals surface area contributed by atoms with Gasteiger partial charge in [0.25, 0.3) is 0 Å². The Morgan fingerprint density at radius 3 is 2.19 bits per heavy atom. The molecule has 0 aromatic heterocycles. The van der Waals surface area contributed by atoms with Crippen molar-refractivity contribution in [3.8, 4) is 11.5 Å². The minimum Gasteiger partial charge on any atom is -0.478 e. The zero-order chi connectivity index (χ0) is 29.5. The van der Waals surface area contributed by atoms with Crippen molar-refractivity contribution in [2.24, 2.45) is 11.8 Å². The van der Waals surface area contributed by atoms with Gasteiger partial charge in [-0.3, -0.25) is 14.5 Å². The first kappa shape index (κ1) is 30.1. The van der Waals surface area contributed by atoms with Gasteiger partial charge in [-0.05, 0) is 92.6 Å². The van der Waals surface area contributed by atoms with Crippen LogP contribution in [0.15, 0.2) is 48.5 Å². The largest absolute Gasteiger partial charge is 0.478 e. The molecule has 5 rings (SSSR count). The Balaban J connectivity index is 1.14. The van der Waals surface area contributed by atoms with Gasteiger partial charge in [0.1, 0.15) is 23.6 Å². The molecule has 2 amide bonds. The Kier molecular flexibility index (Phi) is 10.2. The highest BCUT2D eigenvalue weighted by molar-refractivity contribution is 5.97. The van der Waals surface area contributed by atoms with E-state index in [2.05, 4.69) is 29.3 Å². The molecule has 3 aliphatic rings. The molecule has 2 atom stereocenters. The summed E-state index contributed by atoms with van der Waals surface area (Å²) in [7, 11) is 0. The summed E-state index contributed by atoms with van der Waals surface area (Å²) in [6.45, 7) is 5.42. The molecule has 0 bridgehead atoms. The van der Waals surface area contributed by atoms with Crippen LogP contribution in [0.3, 0.4) is 0 Å². The van der Waals surface area contributed by atoms with Gasteiger partial charge < -0.3 is 20.1 Å². The van der Waals surface area contributed by atoms with Crippen LogP contribution in [0.1, 0.15) is 87.1 Å². The van der Waals surface area contributed by atoms with E-state index in [0.29, 0.717) is 24.0 Å². The van der Waals surface area contributed by atoms with E-state index in [1.165, 1.54) is 49.8 Å². The number of nitrogens with zero attached hydrogens (tertiary/aromatic N) is 2. The molecule has 2 aromatic rings. The molecule has 2 heterocycles. The van der Waals surface area contributed by atoms with E-state index >= 15 is 0 Å². The van der Waals surface area contributed by atoms with Crippen LogP contribution in [-0.4, -0.2) is 64.4 Å². The number of piperazine rings is 1. The summed E-state index contributed by atoms with van der Waals surface area (Å²) < 4.78 is 5.87. The molecular weight excluding hydrogens is 530 g/mol. The van der Waals surface area contributed by atoms with E-state index in [0.717, 1.165) is 51.7 Å². The molecule has 1 aliphatic carbocycles. The van der Waals surface area contributed by atoms with Crippen molar-refractivity contribution in [1.29, 1.82) is 0 Å². The van der Waals surface area contributed by atoms with Crippen molar-refractivity contribution in [3.05, 3.63) is 59.7 Å². The summed E-state index contributed by atoms with van der Waals surface area (Å²) in [5.41, 5.74) is 1.41. The number of carbonyl (C=O) groups is 3. The lowest BCUT2D eigenvalue weighted by Crippen LogP contribution is -2.66. The standard InChI is InChI=1S/C34H45N3O5/c1-2-3-19-37-31(32(38)35-30(33(37)39)22-24-7-5-4-6-8-24)26-17-20-36(21-18-26)23-25-9-13-28(14-10-25)42-29-15-11-27(12-16-29)34(40)41/h9-16,24,26,30-31H,2-8,17-23H2,1H3,(H,35,38)(H,40,41)/t30-,31?/m0/s1. The molecule has 0 spiro atoms. The number of hydrogen-bond donors (Lipinski definition) is 2. The maximum absolute atomic E-state index is 13.7. The van der Waals surface area contributed by atoms with Gasteiger partial charge in [-0.2, -0.15) is 0 Å². The zero-order valence-electron chi connectivity index (χ0n) is 24.8. The molecule has 1 unspecified atom stereocenters. The summed E-state index contributed by atoms with van der Waals surface area (Å²) in [4.78, 5) is 42.6. The molecule has 2 saturated heterocycles. The first-order valence-electron chi connectivity index (χ1n) is 15.8. The van der Waals surface area contributed by atoms with Gasteiger partial charge in [0, 0.05) is 13.1 Å². The van der Waals surface area contributed by atoms with E-state index < -0.39 is 5.97 Å². The highest BCUT2D eigenvalue weighted by Crippen LogP contribution is 2.32. The average Bonchev–Trinajstić information content (AvgIpc) is 3.00. The number of nitrogens with one attached hydrogen (secondary N) is 1. The van der Waals surface area contributed by atoms with E-state index in [1.807, 2.05) is 17.0 Å². The number of benzene rings is 2. The number of aromatic carboxylic acids is 1. The smallest absolute Gasteiger partial charge is 0.335 e. The molecule has 0 radical (unpaired) electrons. The molecule has 8 heteroatoms. The molecule has 3 fully saturated rings. The van der Waals surface area contributed by atoms with E-state index in [4.69, 9.17) is 9.84 Å². The second-order valence-corrected chi connectivity index (χ2v) is 12.3. The third-order valence-corrected chi connectivity index (χ3v) is 9.29. The lowest BCUT2D eigenvalue weighted by molar-refractivity contribution is -0.153. The number of carbonyl (C=O) groups excluding carboxylic acids is 2. The lowest BCUT2D eigenvalue weighted by atomic mass is 9.82. The van der Waals surface area contributed by atoms with Crippen LogP contribution < -0.4 is 10.1 Å². The van der Waals surface area contributed by atoms with Gasteiger partial charge in [0.2, 0.25) is 11.8 Å². The van der Waals surface area contributed by atoms with Crippen molar-refractivity contribution in [2.45, 2.75) is 89.8 Å². The molecule has 2 N–H and O–H groups in total. The number of hydrogen-bond acceptors (Lipinski definition) is 5. The van der Waals surface area contributed by atoms with Crippen LogP contribution in [0.4, 0.5) is 0 Å². The van der Waals surface area contributed by atoms with Gasteiger partial charge in [-0.15, -0.1) is 0 Å². The number of likely N-dealkylation sites (tertiary alicyclic amines) is 1. The first-order chi connectivity index (χ1) is 20.4. The Labute approximate surface area is 249 Å². The maximum atomic E-state index is 13.7. The van der Waals surface area contributed by atoms with Crippen LogP contribution in [-0.2, 0) is 16.1 Å². The summed E-state index contributed by atoms with van der Waals surface area (Å²) >= 11 is 0. The molecular formula is C34H45N3O5. The predicted molar refractivity (Wildman–Crippen MR) is 161 cm³/mol. The minimum atomic E-state index is -0.960. The first-order valence-corrected chi connectivity index (χ1v) is 15.8. The van der Waals surface area contributed by atoms with Crippen molar-refractivity contribution in [1.82, 2.24) is 15.1 Å². The fourth-order valence-corrected chi connectivity index (χ4v) is 6.91.